The van der Waals surface area contributed by atoms with Crippen molar-refractivity contribution < 1.29 is 13.5 Å². The SMILES string of the molecule is NC(COc1ccc(Cl)cc1)Cc1c(F)ccc(Br)c1F. The molecule has 2 rings (SSSR count). The Morgan fingerprint density at radius 1 is 1.14 bits per heavy atom. The van der Waals surface area contributed by atoms with Crippen LogP contribution in [0.15, 0.2) is 40.9 Å². The van der Waals surface area contributed by atoms with Crippen molar-refractivity contribution in [3.05, 3.63) is 63.1 Å². The maximum absolute atomic E-state index is 13.8. The molecule has 0 saturated heterocycles. The van der Waals surface area contributed by atoms with Gasteiger partial charge in [-0.1, -0.05) is 11.6 Å². The molecule has 2 N–H and O–H groups in total. The minimum absolute atomic E-state index is 0.0448. The van der Waals surface area contributed by atoms with Crippen molar-refractivity contribution >= 4 is 27.5 Å². The molecule has 2 nitrogen and oxygen atoms in total. The monoisotopic (exact) mass is 375 g/mol. The van der Waals surface area contributed by atoms with E-state index in [2.05, 4.69) is 15.9 Å². The number of nitrogens with two attached hydrogens (primary N) is 1. The lowest BCUT2D eigenvalue weighted by Gasteiger charge is -2.14. The third-order valence-corrected chi connectivity index (χ3v) is 3.75. The first kappa shape index (κ1) is 16.2. The third kappa shape index (κ3) is 4.40. The molecule has 0 spiro atoms. The minimum atomic E-state index is -0.628. The van der Waals surface area contributed by atoms with Crippen molar-refractivity contribution in [3.8, 4) is 5.75 Å². The topological polar surface area (TPSA) is 35.2 Å². The van der Waals surface area contributed by atoms with Gasteiger partial charge in [0.2, 0.25) is 0 Å². The van der Waals surface area contributed by atoms with Gasteiger partial charge in [0.05, 0.1) is 4.47 Å². The van der Waals surface area contributed by atoms with E-state index < -0.39 is 17.7 Å². The number of hydrogen-bond donors (Lipinski definition) is 1. The number of benzene rings is 2. The number of hydrogen-bond acceptors (Lipinski definition) is 2. The zero-order valence-corrected chi connectivity index (χ0v) is 13.3. The average molecular weight is 377 g/mol. The van der Waals surface area contributed by atoms with Crippen LogP contribution in [0.25, 0.3) is 0 Å². The normalized spacial score (nSPS) is 12.2. The third-order valence-electron chi connectivity index (χ3n) is 2.88. The fourth-order valence-electron chi connectivity index (χ4n) is 1.81. The van der Waals surface area contributed by atoms with Crippen LogP contribution in [0.3, 0.4) is 0 Å². The second-order valence-corrected chi connectivity index (χ2v) is 5.84. The minimum Gasteiger partial charge on any atom is -0.492 e. The fourth-order valence-corrected chi connectivity index (χ4v) is 2.31. The first-order valence-electron chi connectivity index (χ1n) is 6.23. The van der Waals surface area contributed by atoms with Crippen molar-refractivity contribution in [1.29, 1.82) is 0 Å². The average Bonchev–Trinajstić information content (AvgIpc) is 2.47. The Morgan fingerprint density at radius 2 is 1.81 bits per heavy atom. The van der Waals surface area contributed by atoms with E-state index in [-0.39, 0.29) is 23.1 Å². The molecule has 0 radical (unpaired) electrons. The first-order chi connectivity index (χ1) is 9.97. The molecular formula is C15H13BrClF2NO. The summed E-state index contributed by atoms with van der Waals surface area (Å²) < 4.78 is 33.1. The zero-order chi connectivity index (χ0) is 15.4. The number of halogens is 4. The highest BCUT2D eigenvalue weighted by Gasteiger charge is 2.16. The van der Waals surface area contributed by atoms with Crippen molar-refractivity contribution in [2.45, 2.75) is 12.5 Å². The largest absolute Gasteiger partial charge is 0.492 e. The molecule has 0 aliphatic rings. The Hall–Kier alpha value is -1.17. The van der Waals surface area contributed by atoms with Crippen LogP contribution in [0, 0.1) is 11.6 Å². The Balaban J connectivity index is 1.97. The van der Waals surface area contributed by atoms with E-state index in [0.717, 1.165) is 0 Å². The van der Waals surface area contributed by atoms with Gasteiger partial charge in [-0.05, 0) is 58.7 Å². The molecule has 0 fully saturated rings. The van der Waals surface area contributed by atoms with Gasteiger partial charge < -0.3 is 10.5 Å². The van der Waals surface area contributed by atoms with E-state index in [0.29, 0.717) is 10.8 Å². The maximum Gasteiger partial charge on any atom is 0.143 e. The summed E-state index contributed by atoms with van der Waals surface area (Å²) in [5.41, 5.74) is 5.83. The molecule has 1 atom stereocenters. The number of rotatable bonds is 5. The fraction of sp³-hybridized carbons (Fsp3) is 0.200. The van der Waals surface area contributed by atoms with E-state index in [9.17, 15) is 8.78 Å². The van der Waals surface area contributed by atoms with Gasteiger partial charge in [-0.15, -0.1) is 0 Å². The first-order valence-corrected chi connectivity index (χ1v) is 7.41. The van der Waals surface area contributed by atoms with Crippen molar-refractivity contribution in [3.63, 3.8) is 0 Å². The second-order valence-electron chi connectivity index (χ2n) is 4.55. The highest BCUT2D eigenvalue weighted by atomic mass is 79.9. The molecule has 1 unspecified atom stereocenters. The quantitative estimate of drug-likeness (QED) is 0.788. The van der Waals surface area contributed by atoms with Crippen LogP contribution >= 0.6 is 27.5 Å². The summed E-state index contributed by atoms with van der Waals surface area (Å²) in [5, 5.41) is 0.602. The van der Waals surface area contributed by atoms with Crippen molar-refractivity contribution in [2.24, 2.45) is 5.73 Å². The molecule has 0 aliphatic carbocycles. The molecule has 0 aromatic heterocycles. The molecule has 0 bridgehead atoms. The lowest BCUT2D eigenvalue weighted by molar-refractivity contribution is 0.285. The molecule has 21 heavy (non-hydrogen) atoms. The molecule has 0 amide bonds. The maximum atomic E-state index is 13.8. The van der Waals surface area contributed by atoms with E-state index in [1.54, 1.807) is 24.3 Å². The lowest BCUT2D eigenvalue weighted by Crippen LogP contribution is -2.31. The van der Waals surface area contributed by atoms with Crippen LogP contribution in [0.5, 0.6) is 5.75 Å². The van der Waals surface area contributed by atoms with Gasteiger partial charge in [-0.3, -0.25) is 0 Å². The standard InChI is InChI=1S/C15H13BrClF2NO/c16-13-5-6-14(18)12(15(13)19)7-10(20)8-21-11-3-1-9(17)2-4-11/h1-6,10H,7-8,20H2. The highest BCUT2D eigenvalue weighted by Crippen LogP contribution is 2.23. The molecule has 0 aliphatic heterocycles. The molecular weight excluding hydrogens is 364 g/mol. The van der Waals surface area contributed by atoms with Crippen LogP contribution < -0.4 is 10.5 Å². The lowest BCUT2D eigenvalue weighted by atomic mass is 10.1. The molecule has 0 saturated carbocycles. The summed E-state index contributed by atoms with van der Waals surface area (Å²) in [6, 6.07) is 8.79. The summed E-state index contributed by atoms with van der Waals surface area (Å²) in [4.78, 5) is 0. The Morgan fingerprint density at radius 3 is 2.48 bits per heavy atom. The summed E-state index contributed by atoms with van der Waals surface area (Å²) in [6.45, 7) is 0.146. The molecule has 112 valence electrons. The predicted octanol–water partition coefficient (Wildman–Crippen LogP) is 4.33. The van der Waals surface area contributed by atoms with Gasteiger partial charge in [0.1, 0.15) is 24.0 Å². The Labute approximate surface area is 135 Å². The second kappa shape index (κ2) is 7.20. The summed E-state index contributed by atoms with van der Waals surface area (Å²) >= 11 is 8.79. The molecule has 2 aromatic rings. The van der Waals surface area contributed by atoms with Crippen molar-refractivity contribution in [2.75, 3.05) is 6.61 Å². The van der Waals surface area contributed by atoms with E-state index in [4.69, 9.17) is 22.1 Å². The van der Waals surface area contributed by atoms with Crippen LogP contribution in [0.1, 0.15) is 5.56 Å². The highest BCUT2D eigenvalue weighted by molar-refractivity contribution is 9.10. The molecule has 2 aromatic carbocycles. The van der Waals surface area contributed by atoms with Crippen LogP contribution in [-0.4, -0.2) is 12.6 Å². The van der Waals surface area contributed by atoms with Crippen LogP contribution in [0.4, 0.5) is 8.78 Å². The smallest absolute Gasteiger partial charge is 0.143 e. The van der Waals surface area contributed by atoms with Gasteiger partial charge in [0.15, 0.2) is 0 Å². The van der Waals surface area contributed by atoms with Gasteiger partial charge in [-0.25, -0.2) is 8.78 Å². The van der Waals surface area contributed by atoms with E-state index in [1.807, 2.05) is 0 Å². The van der Waals surface area contributed by atoms with Gasteiger partial charge in [0.25, 0.3) is 0 Å². The van der Waals surface area contributed by atoms with Crippen molar-refractivity contribution in [1.82, 2.24) is 0 Å². The van der Waals surface area contributed by atoms with Crippen LogP contribution in [0.2, 0.25) is 5.02 Å². The van der Waals surface area contributed by atoms with Gasteiger partial charge in [0, 0.05) is 16.6 Å². The summed E-state index contributed by atoms with van der Waals surface area (Å²) in [5.74, 6) is -0.639. The summed E-state index contributed by atoms with van der Waals surface area (Å²) in [7, 11) is 0. The molecule has 0 heterocycles. The number of ether oxygens (including phenoxy) is 1. The zero-order valence-electron chi connectivity index (χ0n) is 11.0. The van der Waals surface area contributed by atoms with Gasteiger partial charge in [-0.2, -0.15) is 0 Å². The van der Waals surface area contributed by atoms with E-state index >= 15 is 0 Å². The summed E-state index contributed by atoms with van der Waals surface area (Å²) in [6.07, 6.45) is 0.0463. The predicted molar refractivity (Wildman–Crippen MR) is 82.7 cm³/mol. The van der Waals surface area contributed by atoms with E-state index in [1.165, 1.54) is 12.1 Å². The van der Waals surface area contributed by atoms with Crippen LogP contribution in [-0.2, 0) is 6.42 Å². The Bertz CT molecular complexity index is 622. The van der Waals surface area contributed by atoms with Gasteiger partial charge >= 0.3 is 0 Å². The Kier molecular flexibility index (Phi) is 5.56. The molecule has 6 heteroatoms.